The maximum absolute atomic E-state index is 5.51. The van der Waals surface area contributed by atoms with Gasteiger partial charge in [-0.1, -0.05) is 0 Å². The van der Waals surface area contributed by atoms with Crippen molar-refractivity contribution in [3.63, 3.8) is 0 Å². The first-order valence-corrected chi connectivity index (χ1v) is 7.03. The molecule has 1 aromatic rings. The molecule has 114 valence electrons. The predicted octanol–water partition coefficient (Wildman–Crippen LogP) is 2.52. The highest BCUT2D eigenvalue weighted by Gasteiger charge is 2.21. The first-order chi connectivity index (χ1) is 9.38. The summed E-state index contributed by atoms with van der Waals surface area (Å²) in [6.07, 6.45) is 5.10. The van der Waals surface area contributed by atoms with Crippen LogP contribution in [0.3, 0.4) is 0 Å². The number of guanidine groups is 1. The van der Waals surface area contributed by atoms with Crippen LogP contribution in [-0.4, -0.2) is 31.7 Å². The molecule has 1 fully saturated rings. The number of aliphatic imine (C=N–C) groups is 1. The Hall–Kier alpha value is -0.760. The lowest BCUT2D eigenvalue weighted by atomic mass is 10.4. The third-order valence-electron chi connectivity index (χ3n) is 2.80. The highest BCUT2D eigenvalue weighted by atomic mass is 127. The second-order valence-electron chi connectivity index (χ2n) is 4.66. The summed E-state index contributed by atoms with van der Waals surface area (Å²) in [6.45, 7) is 4.99. The van der Waals surface area contributed by atoms with Crippen molar-refractivity contribution in [3.8, 4) is 0 Å². The minimum absolute atomic E-state index is 0. The van der Waals surface area contributed by atoms with E-state index in [0.29, 0.717) is 19.3 Å². The Bertz CT molecular complexity index is 378. The van der Waals surface area contributed by atoms with Gasteiger partial charge < -0.3 is 19.8 Å². The molecule has 5 nitrogen and oxygen atoms in total. The molecule has 0 amide bonds. The molecule has 0 aliphatic heterocycles. The van der Waals surface area contributed by atoms with E-state index in [4.69, 9.17) is 9.15 Å². The zero-order chi connectivity index (χ0) is 13.3. The minimum Gasteiger partial charge on any atom is -0.467 e. The fraction of sp³-hybridized carbons (Fsp3) is 0.643. The van der Waals surface area contributed by atoms with Crippen LogP contribution < -0.4 is 10.6 Å². The molecular formula is C14H24IN3O2. The Balaban J connectivity index is 0.00000200. The highest BCUT2D eigenvalue weighted by Crippen LogP contribution is 2.18. The number of nitrogens with one attached hydrogen (secondary N) is 2. The van der Waals surface area contributed by atoms with Gasteiger partial charge in [0.25, 0.3) is 0 Å². The van der Waals surface area contributed by atoms with Crippen LogP contribution in [0, 0.1) is 0 Å². The summed E-state index contributed by atoms with van der Waals surface area (Å²) >= 11 is 0. The molecule has 6 heteroatoms. The Labute approximate surface area is 137 Å². The van der Waals surface area contributed by atoms with Crippen LogP contribution in [0.2, 0.25) is 0 Å². The SMILES string of the molecule is CCNC(=NCCCOCc1ccco1)NC1CC1.I. The summed E-state index contributed by atoms with van der Waals surface area (Å²) < 4.78 is 10.7. The van der Waals surface area contributed by atoms with Crippen LogP contribution in [0.1, 0.15) is 31.9 Å². The van der Waals surface area contributed by atoms with Gasteiger partial charge in [-0.05, 0) is 38.3 Å². The number of furan rings is 1. The predicted molar refractivity (Wildman–Crippen MR) is 90.5 cm³/mol. The number of nitrogens with zero attached hydrogens (tertiary/aromatic N) is 1. The molecule has 0 aromatic carbocycles. The van der Waals surface area contributed by atoms with Crippen LogP contribution >= 0.6 is 24.0 Å². The van der Waals surface area contributed by atoms with Crippen molar-refractivity contribution in [1.82, 2.24) is 10.6 Å². The van der Waals surface area contributed by atoms with Gasteiger partial charge in [-0.25, -0.2) is 0 Å². The average Bonchev–Trinajstić information content (AvgIpc) is 3.06. The third kappa shape index (κ3) is 7.14. The Morgan fingerprint density at radius 2 is 2.35 bits per heavy atom. The lowest BCUT2D eigenvalue weighted by Crippen LogP contribution is -2.38. The second kappa shape index (κ2) is 10.0. The number of hydrogen-bond donors (Lipinski definition) is 2. The monoisotopic (exact) mass is 393 g/mol. The fourth-order valence-electron chi connectivity index (χ4n) is 1.67. The molecule has 1 heterocycles. The van der Waals surface area contributed by atoms with Gasteiger partial charge in [-0.15, -0.1) is 24.0 Å². The van der Waals surface area contributed by atoms with Gasteiger partial charge >= 0.3 is 0 Å². The standard InChI is InChI=1S/C14H23N3O2.HI/c1-2-15-14(17-12-6-7-12)16-8-4-9-18-11-13-5-3-10-19-13;/h3,5,10,12H,2,4,6-9,11H2,1H3,(H2,15,16,17);1H. The summed E-state index contributed by atoms with van der Waals surface area (Å²) in [5.74, 6) is 1.79. The van der Waals surface area contributed by atoms with Crippen molar-refractivity contribution in [1.29, 1.82) is 0 Å². The van der Waals surface area contributed by atoms with Gasteiger partial charge in [-0.2, -0.15) is 0 Å². The molecule has 1 aromatic heterocycles. The fourth-order valence-corrected chi connectivity index (χ4v) is 1.67. The molecular weight excluding hydrogens is 369 g/mol. The maximum Gasteiger partial charge on any atom is 0.191 e. The van der Waals surface area contributed by atoms with E-state index in [9.17, 15) is 0 Å². The zero-order valence-electron chi connectivity index (χ0n) is 11.9. The number of halogens is 1. The Morgan fingerprint density at radius 1 is 1.50 bits per heavy atom. The molecule has 1 aliphatic rings. The topological polar surface area (TPSA) is 58.8 Å². The van der Waals surface area contributed by atoms with Gasteiger partial charge in [0, 0.05) is 25.7 Å². The zero-order valence-corrected chi connectivity index (χ0v) is 14.3. The van der Waals surface area contributed by atoms with E-state index in [1.54, 1.807) is 6.26 Å². The van der Waals surface area contributed by atoms with E-state index in [2.05, 4.69) is 22.5 Å². The molecule has 0 bridgehead atoms. The van der Waals surface area contributed by atoms with E-state index >= 15 is 0 Å². The van der Waals surface area contributed by atoms with Gasteiger partial charge in [-0.3, -0.25) is 4.99 Å². The van der Waals surface area contributed by atoms with Crippen LogP contribution in [0.25, 0.3) is 0 Å². The van der Waals surface area contributed by atoms with E-state index in [0.717, 1.165) is 31.2 Å². The molecule has 0 spiro atoms. The van der Waals surface area contributed by atoms with Gasteiger partial charge in [0.2, 0.25) is 0 Å². The lowest BCUT2D eigenvalue weighted by molar-refractivity contribution is 0.105. The molecule has 0 atom stereocenters. The van der Waals surface area contributed by atoms with Crippen molar-refractivity contribution in [3.05, 3.63) is 24.2 Å². The third-order valence-corrected chi connectivity index (χ3v) is 2.80. The normalized spacial score (nSPS) is 14.8. The first kappa shape index (κ1) is 17.3. The number of hydrogen-bond acceptors (Lipinski definition) is 3. The molecule has 0 saturated heterocycles. The Kier molecular flexibility index (Phi) is 8.68. The largest absolute Gasteiger partial charge is 0.467 e. The highest BCUT2D eigenvalue weighted by molar-refractivity contribution is 14.0. The lowest BCUT2D eigenvalue weighted by Gasteiger charge is -2.09. The van der Waals surface area contributed by atoms with E-state index in [1.807, 2.05) is 12.1 Å². The smallest absolute Gasteiger partial charge is 0.191 e. The summed E-state index contributed by atoms with van der Waals surface area (Å²) in [6, 6.07) is 4.42. The summed E-state index contributed by atoms with van der Waals surface area (Å²) in [4.78, 5) is 4.52. The molecule has 20 heavy (non-hydrogen) atoms. The Morgan fingerprint density at radius 3 is 3.00 bits per heavy atom. The minimum atomic E-state index is 0. The quantitative estimate of drug-likeness (QED) is 0.309. The molecule has 1 saturated carbocycles. The molecule has 2 rings (SSSR count). The number of ether oxygens (including phenoxy) is 1. The van der Waals surface area contributed by atoms with Crippen LogP contribution in [0.4, 0.5) is 0 Å². The van der Waals surface area contributed by atoms with Crippen LogP contribution in [0.5, 0.6) is 0 Å². The van der Waals surface area contributed by atoms with Crippen molar-refractivity contribution in [2.45, 2.75) is 38.8 Å². The van der Waals surface area contributed by atoms with Gasteiger partial charge in [0.1, 0.15) is 12.4 Å². The average molecular weight is 393 g/mol. The molecule has 0 radical (unpaired) electrons. The molecule has 2 N–H and O–H groups in total. The molecule has 1 aliphatic carbocycles. The first-order valence-electron chi connectivity index (χ1n) is 7.03. The van der Waals surface area contributed by atoms with Crippen LogP contribution in [-0.2, 0) is 11.3 Å². The van der Waals surface area contributed by atoms with Crippen molar-refractivity contribution in [2.24, 2.45) is 4.99 Å². The maximum atomic E-state index is 5.51. The summed E-state index contributed by atoms with van der Waals surface area (Å²) in [5, 5.41) is 6.64. The van der Waals surface area contributed by atoms with Gasteiger partial charge in [0.05, 0.1) is 6.26 Å². The van der Waals surface area contributed by atoms with Crippen molar-refractivity contribution < 1.29 is 9.15 Å². The molecule has 0 unspecified atom stereocenters. The van der Waals surface area contributed by atoms with Crippen molar-refractivity contribution >= 4 is 29.9 Å². The van der Waals surface area contributed by atoms with E-state index in [1.165, 1.54) is 12.8 Å². The second-order valence-corrected chi connectivity index (χ2v) is 4.66. The van der Waals surface area contributed by atoms with E-state index < -0.39 is 0 Å². The van der Waals surface area contributed by atoms with Gasteiger partial charge in [0.15, 0.2) is 5.96 Å². The number of rotatable bonds is 8. The van der Waals surface area contributed by atoms with Crippen molar-refractivity contribution in [2.75, 3.05) is 19.7 Å². The van der Waals surface area contributed by atoms with E-state index in [-0.39, 0.29) is 24.0 Å². The summed E-state index contributed by atoms with van der Waals surface area (Å²) in [7, 11) is 0. The van der Waals surface area contributed by atoms with Crippen LogP contribution in [0.15, 0.2) is 27.8 Å². The summed E-state index contributed by atoms with van der Waals surface area (Å²) in [5.41, 5.74) is 0.